The smallest absolute Gasteiger partial charge is 0.264 e. The first-order valence-electron chi connectivity index (χ1n) is 12.8. The first-order chi connectivity index (χ1) is 19.3. The number of hydrogen-bond acceptors (Lipinski definition) is 5. The molecule has 12 heteroatoms. The third kappa shape index (κ3) is 8.52. The van der Waals surface area contributed by atoms with Crippen molar-refractivity contribution in [2.45, 2.75) is 38.3 Å². The fourth-order valence-corrected chi connectivity index (χ4v) is 5.89. The number of hydrogen-bond donors (Lipinski definition) is 1. The molecule has 41 heavy (non-hydrogen) atoms. The Morgan fingerprint density at radius 2 is 1.51 bits per heavy atom. The van der Waals surface area contributed by atoms with Gasteiger partial charge in [0.05, 0.1) is 17.7 Å². The van der Waals surface area contributed by atoms with Gasteiger partial charge in [-0.2, -0.15) is 0 Å². The number of sulfonamides is 1. The molecule has 2 amide bonds. The second-order valence-electron chi connectivity index (χ2n) is 9.74. The minimum absolute atomic E-state index is 0.0453. The Morgan fingerprint density at radius 1 is 0.902 bits per heavy atom. The quantitative estimate of drug-likeness (QED) is 0.261. The highest BCUT2D eigenvalue weighted by molar-refractivity contribution is 7.92. The van der Waals surface area contributed by atoms with Crippen molar-refractivity contribution in [2.75, 3.05) is 24.5 Å². The van der Waals surface area contributed by atoms with E-state index in [4.69, 9.17) is 39.5 Å². The van der Waals surface area contributed by atoms with Crippen LogP contribution in [0.3, 0.4) is 0 Å². The van der Waals surface area contributed by atoms with Crippen molar-refractivity contribution in [3.8, 4) is 5.75 Å². The molecule has 0 saturated carbocycles. The number of carbonyl (C=O) groups is 2. The molecule has 8 nitrogen and oxygen atoms in total. The molecule has 0 radical (unpaired) electrons. The van der Waals surface area contributed by atoms with E-state index in [9.17, 15) is 18.0 Å². The topological polar surface area (TPSA) is 96.0 Å². The van der Waals surface area contributed by atoms with Gasteiger partial charge in [-0.25, -0.2) is 8.42 Å². The Balaban J connectivity index is 2.03. The van der Waals surface area contributed by atoms with Crippen LogP contribution in [0, 0.1) is 5.92 Å². The van der Waals surface area contributed by atoms with Crippen LogP contribution < -0.4 is 14.4 Å². The summed E-state index contributed by atoms with van der Waals surface area (Å²) in [5.74, 6) is -0.329. The highest BCUT2D eigenvalue weighted by atomic mass is 35.5. The zero-order valence-corrected chi connectivity index (χ0v) is 26.2. The van der Waals surface area contributed by atoms with E-state index < -0.39 is 28.5 Å². The van der Waals surface area contributed by atoms with E-state index in [1.165, 1.54) is 60.5 Å². The fraction of sp³-hybridized carbons (Fsp3) is 0.310. The van der Waals surface area contributed by atoms with Gasteiger partial charge < -0.3 is 15.0 Å². The number of amides is 2. The Bertz CT molecular complexity index is 1470. The molecular formula is C29H32Cl3N3O5S. The van der Waals surface area contributed by atoms with Crippen LogP contribution in [0.4, 0.5) is 5.69 Å². The van der Waals surface area contributed by atoms with Crippen molar-refractivity contribution >= 4 is 62.3 Å². The van der Waals surface area contributed by atoms with Crippen molar-refractivity contribution in [1.82, 2.24) is 10.2 Å². The average molecular weight is 641 g/mol. The maximum absolute atomic E-state index is 14.0. The summed E-state index contributed by atoms with van der Waals surface area (Å²) in [6, 6.07) is 15.8. The molecule has 0 aliphatic rings. The molecule has 0 aliphatic carbocycles. The summed E-state index contributed by atoms with van der Waals surface area (Å²) in [6.45, 7) is 5.26. The maximum atomic E-state index is 14.0. The number of halogens is 3. The number of rotatable bonds is 12. The van der Waals surface area contributed by atoms with Gasteiger partial charge in [0.1, 0.15) is 18.3 Å². The molecule has 0 unspecified atom stereocenters. The number of ether oxygens (including phenoxy) is 1. The van der Waals surface area contributed by atoms with Gasteiger partial charge in [0.2, 0.25) is 11.8 Å². The van der Waals surface area contributed by atoms with Gasteiger partial charge >= 0.3 is 0 Å². The van der Waals surface area contributed by atoms with Crippen molar-refractivity contribution in [1.29, 1.82) is 0 Å². The zero-order valence-electron chi connectivity index (χ0n) is 23.1. The van der Waals surface area contributed by atoms with E-state index in [1.807, 2.05) is 13.8 Å². The Kier molecular flexibility index (Phi) is 11.3. The number of carbonyl (C=O) groups excluding carboxylic acids is 2. The second-order valence-corrected chi connectivity index (χ2v) is 12.9. The van der Waals surface area contributed by atoms with Crippen molar-refractivity contribution < 1.29 is 22.7 Å². The van der Waals surface area contributed by atoms with Crippen molar-refractivity contribution in [3.63, 3.8) is 0 Å². The summed E-state index contributed by atoms with van der Waals surface area (Å²) < 4.78 is 33.9. The molecule has 1 N–H and O–H groups in total. The highest BCUT2D eigenvalue weighted by Gasteiger charge is 2.33. The van der Waals surface area contributed by atoms with Gasteiger partial charge in [-0.3, -0.25) is 13.9 Å². The number of benzene rings is 3. The monoisotopic (exact) mass is 639 g/mol. The number of nitrogens with one attached hydrogen (secondary N) is 1. The third-order valence-electron chi connectivity index (χ3n) is 6.25. The first kappa shape index (κ1) is 32.5. The molecular weight excluding hydrogens is 609 g/mol. The number of anilines is 1. The summed E-state index contributed by atoms with van der Waals surface area (Å²) in [4.78, 5) is 28.3. The molecule has 3 aromatic carbocycles. The standard InChI is InChI=1S/C29H32Cl3N3O5S/c1-19(2)16-33-29(37)20(3)34(17-21-5-6-23(31)15-27(21)32)28(36)18-35(24-9-7-22(30)8-10-24)41(38,39)26-13-11-25(40-4)12-14-26/h5-15,19-20H,16-18H2,1-4H3,(H,33,37)/t20-/m1/s1. The lowest BCUT2D eigenvalue weighted by atomic mass is 10.1. The SMILES string of the molecule is COc1ccc(S(=O)(=O)N(CC(=O)N(Cc2ccc(Cl)cc2Cl)[C@H](C)C(=O)NCC(C)C)c2ccc(Cl)cc2)cc1. The van der Waals surface area contributed by atoms with Crippen LogP contribution in [-0.4, -0.2) is 51.4 Å². The Hall–Kier alpha value is -2.98. The molecule has 220 valence electrons. The predicted molar refractivity (Wildman–Crippen MR) is 163 cm³/mol. The molecule has 0 heterocycles. The largest absolute Gasteiger partial charge is 0.497 e. The normalized spacial score (nSPS) is 12.1. The molecule has 3 rings (SSSR count). The van der Waals surface area contributed by atoms with Crippen LogP contribution in [0.2, 0.25) is 15.1 Å². The summed E-state index contributed by atoms with van der Waals surface area (Å²) >= 11 is 18.5. The second kappa shape index (κ2) is 14.3. The van der Waals surface area contributed by atoms with Crippen LogP contribution in [-0.2, 0) is 26.2 Å². The van der Waals surface area contributed by atoms with Crippen LogP contribution >= 0.6 is 34.8 Å². The molecule has 0 saturated heterocycles. The van der Waals surface area contributed by atoms with Gasteiger partial charge in [-0.15, -0.1) is 0 Å². The minimum Gasteiger partial charge on any atom is -0.497 e. The average Bonchev–Trinajstić information content (AvgIpc) is 2.94. The Labute approximate surface area is 256 Å². The zero-order chi connectivity index (χ0) is 30.3. The fourth-order valence-electron chi connectivity index (χ4n) is 3.88. The molecule has 0 spiro atoms. The van der Waals surface area contributed by atoms with E-state index in [1.54, 1.807) is 25.1 Å². The maximum Gasteiger partial charge on any atom is 0.264 e. The third-order valence-corrected chi connectivity index (χ3v) is 8.88. The summed E-state index contributed by atoms with van der Waals surface area (Å²) in [5, 5.41) is 3.97. The van der Waals surface area contributed by atoms with E-state index in [0.29, 0.717) is 32.9 Å². The van der Waals surface area contributed by atoms with Gasteiger partial charge in [-0.05, 0) is 79.1 Å². The summed E-state index contributed by atoms with van der Waals surface area (Å²) in [6.07, 6.45) is 0. The van der Waals surface area contributed by atoms with Crippen molar-refractivity contribution in [2.24, 2.45) is 5.92 Å². The molecule has 0 fully saturated rings. The molecule has 1 atom stereocenters. The lowest BCUT2D eigenvalue weighted by Gasteiger charge is -2.32. The summed E-state index contributed by atoms with van der Waals surface area (Å²) in [5.41, 5.74) is 0.768. The Morgan fingerprint density at radius 3 is 2.07 bits per heavy atom. The lowest BCUT2D eigenvalue weighted by Crippen LogP contribution is -2.51. The van der Waals surface area contributed by atoms with E-state index >= 15 is 0 Å². The molecule has 0 bridgehead atoms. The molecule has 0 aliphatic heterocycles. The van der Waals surface area contributed by atoms with Gasteiger partial charge in [0.25, 0.3) is 10.0 Å². The molecule has 0 aromatic heterocycles. The van der Waals surface area contributed by atoms with Crippen LogP contribution in [0.1, 0.15) is 26.3 Å². The number of nitrogens with zero attached hydrogens (tertiary/aromatic N) is 2. The van der Waals surface area contributed by atoms with Crippen LogP contribution in [0.5, 0.6) is 5.75 Å². The summed E-state index contributed by atoms with van der Waals surface area (Å²) in [7, 11) is -2.76. The van der Waals surface area contributed by atoms with Gasteiger partial charge in [0.15, 0.2) is 0 Å². The van der Waals surface area contributed by atoms with Gasteiger partial charge in [0, 0.05) is 28.2 Å². The number of methoxy groups -OCH3 is 1. The van der Waals surface area contributed by atoms with Crippen LogP contribution in [0.15, 0.2) is 71.6 Å². The van der Waals surface area contributed by atoms with E-state index in [0.717, 1.165) is 4.31 Å². The minimum atomic E-state index is -4.23. The van der Waals surface area contributed by atoms with E-state index in [2.05, 4.69) is 5.32 Å². The molecule has 3 aromatic rings. The first-order valence-corrected chi connectivity index (χ1v) is 15.3. The van der Waals surface area contributed by atoms with Gasteiger partial charge in [-0.1, -0.05) is 54.7 Å². The van der Waals surface area contributed by atoms with Crippen molar-refractivity contribution in [3.05, 3.63) is 87.4 Å². The predicted octanol–water partition coefficient (Wildman–Crippen LogP) is 6.04. The lowest BCUT2D eigenvalue weighted by molar-refractivity contribution is -0.139. The van der Waals surface area contributed by atoms with Crippen LogP contribution in [0.25, 0.3) is 0 Å². The van der Waals surface area contributed by atoms with E-state index in [-0.39, 0.29) is 29.0 Å². The highest BCUT2D eigenvalue weighted by Crippen LogP contribution is 2.28.